The van der Waals surface area contributed by atoms with Crippen LogP contribution in [0.3, 0.4) is 0 Å². The minimum Gasteiger partial charge on any atom is -0.467 e. The Morgan fingerprint density at radius 2 is 1.85 bits per heavy atom. The van der Waals surface area contributed by atoms with Gasteiger partial charge in [0.25, 0.3) is 5.56 Å². The Hall–Kier alpha value is -2.40. The summed E-state index contributed by atoms with van der Waals surface area (Å²) in [6, 6.07) is 11.3. The van der Waals surface area contributed by atoms with E-state index in [1.165, 1.54) is 6.42 Å². The van der Waals surface area contributed by atoms with E-state index in [1.54, 1.807) is 10.8 Å². The van der Waals surface area contributed by atoms with Crippen LogP contribution in [-0.4, -0.2) is 27.5 Å². The molecule has 2 aromatic heterocycles. The molecule has 3 aromatic rings. The number of para-hydroxylation sites is 1. The third-order valence-corrected chi connectivity index (χ3v) is 5.14. The molecule has 4 rings (SSSR count). The Kier molecular flexibility index (Phi) is 4.64. The highest BCUT2D eigenvalue weighted by Gasteiger charge is 2.23. The molecular formula is C21H25N3O2. The van der Waals surface area contributed by atoms with Gasteiger partial charge in [0.05, 0.1) is 30.3 Å². The molecule has 5 heteroatoms. The van der Waals surface area contributed by atoms with Crippen LogP contribution in [0.15, 0.2) is 51.9 Å². The van der Waals surface area contributed by atoms with E-state index in [2.05, 4.69) is 18.7 Å². The van der Waals surface area contributed by atoms with Crippen LogP contribution in [0.25, 0.3) is 10.9 Å². The average molecular weight is 351 g/mol. The van der Waals surface area contributed by atoms with Crippen molar-refractivity contribution in [1.82, 2.24) is 14.5 Å². The van der Waals surface area contributed by atoms with Gasteiger partial charge in [-0.15, -0.1) is 0 Å². The summed E-state index contributed by atoms with van der Waals surface area (Å²) in [5.41, 5.74) is 0.765. The molecule has 0 spiro atoms. The van der Waals surface area contributed by atoms with Gasteiger partial charge in [-0.2, -0.15) is 0 Å². The van der Waals surface area contributed by atoms with Crippen molar-refractivity contribution < 1.29 is 4.42 Å². The average Bonchev–Trinajstić information content (AvgIpc) is 3.11. The Morgan fingerprint density at radius 1 is 1.08 bits per heavy atom. The quantitative estimate of drug-likeness (QED) is 0.722. The molecule has 26 heavy (non-hydrogen) atoms. The van der Waals surface area contributed by atoms with Crippen LogP contribution in [-0.2, 0) is 13.1 Å². The number of likely N-dealkylation sites (tertiary alicyclic amines) is 1. The van der Waals surface area contributed by atoms with E-state index in [9.17, 15) is 4.79 Å². The van der Waals surface area contributed by atoms with Crippen LogP contribution in [0.4, 0.5) is 0 Å². The van der Waals surface area contributed by atoms with Gasteiger partial charge < -0.3 is 4.42 Å². The fourth-order valence-electron chi connectivity index (χ4n) is 4.18. The fraction of sp³-hybridized carbons (Fsp3) is 0.429. The molecule has 0 saturated carbocycles. The maximum atomic E-state index is 13.1. The van der Waals surface area contributed by atoms with Crippen molar-refractivity contribution in [3.05, 3.63) is 64.6 Å². The van der Waals surface area contributed by atoms with Crippen molar-refractivity contribution in [3.8, 4) is 0 Å². The first kappa shape index (κ1) is 17.0. The number of hydrogen-bond acceptors (Lipinski definition) is 4. The van der Waals surface area contributed by atoms with Crippen LogP contribution in [0.2, 0.25) is 0 Å². The molecule has 1 aromatic carbocycles. The first-order valence-electron chi connectivity index (χ1n) is 9.33. The van der Waals surface area contributed by atoms with Gasteiger partial charge in [-0.3, -0.25) is 14.3 Å². The van der Waals surface area contributed by atoms with E-state index < -0.39 is 0 Å². The van der Waals surface area contributed by atoms with Crippen LogP contribution in [0.5, 0.6) is 0 Å². The second kappa shape index (κ2) is 7.08. The summed E-state index contributed by atoms with van der Waals surface area (Å²) < 4.78 is 7.25. The normalized spacial score (nSPS) is 21.3. The lowest BCUT2D eigenvalue weighted by Crippen LogP contribution is -2.40. The Labute approximate surface area is 153 Å². The fourth-order valence-corrected chi connectivity index (χ4v) is 4.18. The van der Waals surface area contributed by atoms with E-state index in [4.69, 9.17) is 9.40 Å². The molecule has 1 aliphatic rings. The Morgan fingerprint density at radius 3 is 2.58 bits per heavy atom. The van der Waals surface area contributed by atoms with Crippen molar-refractivity contribution >= 4 is 10.9 Å². The second-order valence-electron chi connectivity index (χ2n) is 7.66. The molecule has 0 amide bonds. The number of aromatic nitrogens is 2. The number of rotatable bonds is 4. The molecule has 3 heterocycles. The summed E-state index contributed by atoms with van der Waals surface area (Å²) in [6.45, 7) is 7.80. The first-order valence-corrected chi connectivity index (χ1v) is 9.33. The monoisotopic (exact) mass is 351 g/mol. The topological polar surface area (TPSA) is 51.3 Å². The summed E-state index contributed by atoms with van der Waals surface area (Å²) in [6.07, 6.45) is 2.91. The van der Waals surface area contributed by atoms with E-state index in [0.717, 1.165) is 30.2 Å². The lowest BCUT2D eigenvalue weighted by atomic mass is 9.92. The molecule has 0 bridgehead atoms. The van der Waals surface area contributed by atoms with Gasteiger partial charge in [0.2, 0.25) is 0 Å². The highest BCUT2D eigenvalue weighted by molar-refractivity contribution is 5.77. The first-order chi connectivity index (χ1) is 12.6. The number of piperidine rings is 1. The van der Waals surface area contributed by atoms with E-state index in [1.807, 2.05) is 36.4 Å². The molecule has 5 nitrogen and oxygen atoms in total. The lowest BCUT2D eigenvalue weighted by molar-refractivity contribution is 0.129. The molecule has 0 N–H and O–H groups in total. The van der Waals surface area contributed by atoms with Crippen molar-refractivity contribution in [1.29, 1.82) is 0 Å². The summed E-state index contributed by atoms with van der Waals surface area (Å²) >= 11 is 0. The van der Waals surface area contributed by atoms with Gasteiger partial charge in [0, 0.05) is 13.1 Å². The molecule has 136 valence electrons. The highest BCUT2D eigenvalue weighted by Crippen LogP contribution is 2.22. The summed E-state index contributed by atoms with van der Waals surface area (Å²) in [4.78, 5) is 20.4. The summed E-state index contributed by atoms with van der Waals surface area (Å²) in [5, 5.41) is 0.656. The zero-order valence-electron chi connectivity index (χ0n) is 15.4. The van der Waals surface area contributed by atoms with E-state index in [0.29, 0.717) is 30.3 Å². The maximum Gasteiger partial charge on any atom is 0.261 e. The van der Waals surface area contributed by atoms with Crippen molar-refractivity contribution in [2.24, 2.45) is 11.8 Å². The minimum atomic E-state index is 0.0000985. The van der Waals surface area contributed by atoms with Gasteiger partial charge in [-0.1, -0.05) is 26.0 Å². The van der Waals surface area contributed by atoms with Gasteiger partial charge in [0.1, 0.15) is 11.6 Å². The number of nitrogens with zero attached hydrogens (tertiary/aromatic N) is 3. The van der Waals surface area contributed by atoms with E-state index in [-0.39, 0.29) is 5.56 Å². The van der Waals surface area contributed by atoms with Gasteiger partial charge in [0.15, 0.2) is 0 Å². The lowest BCUT2D eigenvalue weighted by Gasteiger charge is -2.35. The summed E-state index contributed by atoms with van der Waals surface area (Å²) in [5.74, 6) is 2.92. The van der Waals surface area contributed by atoms with Crippen molar-refractivity contribution in [3.63, 3.8) is 0 Å². The molecule has 1 fully saturated rings. The molecular weight excluding hydrogens is 326 g/mol. The largest absolute Gasteiger partial charge is 0.467 e. The second-order valence-corrected chi connectivity index (χ2v) is 7.66. The molecule has 1 aliphatic heterocycles. The van der Waals surface area contributed by atoms with Gasteiger partial charge >= 0.3 is 0 Å². The SMILES string of the molecule is C[C@@H]1C[C@@H](C)CN(Cc2nc3ccccc3c(=O)n2Cc2ccco2)C1. The zero-order valence-corrected chi connectivity index (χ0v) is 15.4. The van der Waals surface area contributed by atoms with Crippen LogP contribution >= 0.6 is 0 Å². The molecule has 0 radical (unpaired) electrons. The number of fused-ring (bicyclic) bond motifs is 1. The van der Waals surface area contributed by atoms with Gasteiger partial charge in [-0.05, 0) is 42.5 Å². The smallest absolute Gasteiger partial charge is 0.261 e. The predicted octanol–water partition coefficient (Wildman–Crippen LogP) is 3.52. The van der Waals surface area contributed by atoms with Crippen LogP contribution in [0, 0.1) is 11.8 Å². The number of hydrogen-bond donors (Lipinski definition) is 0. The highest BCUT2D eigenvalue weighted by atomic mass is 16.3. The number of benzene rings is 1. The predicted molar refractivity (Wildman–Crippen MR) is 102 cm³/mol. The minimum absolute atomic E-state index is 0.0000985. The third-order valence-electron chi connectivity index (χ3n) is 5.14. The maximum absolute atomic E-state index is 13.1. The number of furan rings is 1. The molecule has 1 saturated heterocycles. The molecule has 2 atom stereocenters. The summed E-state index contributed by atoms with van der Waals surface area (Å²) in [7, 11) is 0. The van der Waals surface area contributed by atoms with Crippen molar-refractivity contribution in [2.75, 3.05) is 13.1 Å². The van der Waals surface area contributed by atoms with Crippen LogP contribution in [0.1, 0.15) is 31.9 Å². The molecule has 0 aliphatic carbocycles. The third kappa shape index (κ3) is 3.44. The van der Waals surface area contributed by atoms with E-state index >= 15 is 0 Å². The molecule has 0 unspecified atom stereocenters. The Balaban J connectivity index is 1.75. The van der Waals surface area contributed by atoms with Crippen molar-refractivity contribution in [2.45, 2.75) is 33.4 Å². The van der Waals surface area contributed by atoms with Crippen LogP contribution < -0.4 is 5.56 Å². The zero-order chi connectivity index (χ0) is 18.1. The Bertz CT molecular complexity index is 936. The van der Waals surface area contributed by atoms with Gasteiger partial charge in [-0.25, -0.2) is 4.98 Å². The standard InChI is InChI=1S/C21H25N3O2/c1-15-10-16(2)12-23(11-15)14-20-22-19-8-4-3-7-18(19)21(25)24(20)13-17-6-5-9-26-17/h3-9,15-16H,10-14H2,1-2H3/t15-,16-/m1/s1.